The van der Waals surface area contributed by atoms with Gasteiger partial charge in [0.15, 0.2) is 0 Å². The van der Waals surface area contributed by atoms with Gasteiger partial charge in [-0.3, -0.25) is 4.79 Å². The Bertz CT molecular complexity index is 795. The third-order valence-electron chi connectivity index (χ3n) is 3.61. The van der Waals surface area contributed by atoms with Crippen LogP contribution in [0, 0.1) is 0 Å². The molecular formula is C17H15NO2. The van der Waals surface area contributed by atoms with E-state index in [4.69, 9.17) is 10.8 Å². The van der Waals surface area contributed by atoms with Gasteiger partial charge in [0.05, 0.1) is 0 Å². The second-order valence-corrected chi connectivity index (χ2v) is 4.95. The molecule has 3 rings (SSSR count). The molecule has 1 atom stereocenters. The molecule has 0 aliphatic carbocycles. The molecule has 0 aliphatic rings. The minimum Gasteiger partial charge on any atom is -0.480 e. The molecule has 3 aromatic carbocycles. The van der Waals surface area contributed by atoms with E-state index in [1.165, 1.54) is 5.39 Å². The number of carboxylic acid groups (broad SMARTS) is 1. The molecule has 3 aromatic rings. The smallest absolute Gasteiger partial charge is 0.320 e. The second kappa shape index (κ2) is 4.94. The van der Waals surface area contributed by atoms with Crippen molar-refractivity contribution in [2.24, 2.45) is 5.73 Å². The van der Waals surface area contributed by atoms with Gasteiger partial charge in [0, 0.05) is 0 Å². The summed E-state index contributed by atoms with van der Waals surface area (Å²) in [5.74, 6) is -0.970. The van der Waals surface area contributed by atoms with Crippen molar-refractivity contribution in [1.82, 2.24) is 0 Å². The largest absolute Gasteiger partial charge is 0.480 e. The van der Waals surface area contributed by atoms with Crippen molar-refractivity contribution >= 4 is 27.5 Å². The highest BCUT2D eigenvalue weighted by Crippen LogP contribution is 2.29. The molecule has 0 aliphatic heterocycles. The molecule has 0 amide bonds. The summed E-state index contributed by atoms with van der Waals surface area (Å²) in [6.07, 6.45) is 0.334. The lowest BCUT2D eigenvalue weighted by molar-refractivity contribution is -0.138. The first-order chi connectivity index (χ1) is 9.66. The number of benzene rings is 3. The van der Waals surface area contributed by atoms with Gasteiger partial charge in [0.2, 0.25) is 0 Å². The predicted molar refractivity (Wildman–Crippen MR) is 80.8 cm³/mol. The van der Waals surface area contributed by atoms with Crippen LogP contribution >= 0.6 is 0 Å². The van der Waals surface area contributed by atoms with Gasteiger partial charge in [-0.15, -0.1) is 0 Å². The van der Waals surface area contributed by atoms with Crippen LogP contribution < -0.4 is 5.73 Å². The summed E-state index contributed by atoms with van der Waals surface area (Å²) in [7, 11) is 0. The third-order valence-corrected chi connectivity index (χ3v) is 3.61. The maximum absolute atomic E-state index is 11.0. The number of nitrogens with two attached hydrogens (primary N) is 1. The molecule has 0 aromatic heterocycles. The minimum atomic E-state index is -0.970. The summed E-state index contributed by atoms with van der Waals surface area (Å²) in [6, 6.07) is 17.3. The van der Waals surface area contributed by atoms with E-state index in [9.17, 15) is 4.79 Å². The molecule has 3 heteroatoms. The normalized spacial score (nSPS) is 12.7. The number of fused-ring (bicyclic) bond motifs is 3. The SMILES string of the molecule is N[C@@H](Cc1cc2ccccc2c2ccccc12)C(=O)O. The maximum atomic E-state index is 11.0. The Hall–Kier alpha value is -2.39. The van der Waals surface area contributed by atoms with Gasteiger partial charge in [-0.2, -0.15) is 0 Å². The van der Waals surface area contributed by atoms with Crippen molar-refractivity contribution in [3.05, 3.63) is 60.2 Å². The zero-order valence-corrected chi connectivity index (χ0v) is 10.9. The van der Waals surface area contributed by atoms with E-state index in [2.05, 4.69) is 12.1 Å². The van der Waals surface area contributed by atoms with Crippen molar-refractivity contribution in [3.63, 3.8) is 0 Å². The van der Waals surface area contributed by atoms with E-state index < -0.39 is 12.0 Å². The molecule has 0 saturated carbocycles. The van der Waals surface area contributed by atoms with E-state index in [1.807, 2.05) is 42.5 Å². The van der Waals surface area contributed by atoms with E-state index in [-0.39, 0.29) is 0 Å². The van der Waals surface area contributed by atoms with Crippen LogP contribution in [0.15, 0.2) is 54.6 Å². The first-order valence-electron chi connectivity index (χ1n) is 6.54. The Morgan fingerprint density at radius 2 is 1.60 bits per heavy atom. The average molecular weight is 265 g/mol. The van der Waals surface area contributed by atoms with Crippen LogP contribution in [0.2, 0.25) is 0 Å². The van der Waals surface area contributed by atoms with Crippen molar-refractivity contribution < 1.29 is 9.90 Å². The molecule has 0 spiro atoms. The summed E-state index contributed by atoms with van der Waals surface area (Å²) in [6.45, 7) is 0. The molecule has 0 bridgehead atoms. The summed E-state index contributed by atoms with van der Waals surface area (Å²) < 4.78 is 0. The number of aliphatic carboxylic acids is 1. The molecule has 0 heterocycles. The fraction of sp³-hybridized carbons (Fsp3) is 0.118. The lowest BCUT2D eigenvalue weighted by Gasteiger charge is -2.12. The van der Waals surface area contributed by atoms with Crippen molar-refractivity contribution in [2.45, 2.75) is 12.5 Å². The Kier molecular flexibility index (Phi) is 3.12. The van der Waals surface area contributed by atoms with E-state index in [1.54, 1.807) is 0 Å². The van der Waals surface area contributed by atoms with E-state index >= 15 is 0 Å². The lowest BCUT2D eigenvalue weighted by Crippen LogP contribution is -2.32. The van der Waals surface area contributed by atoms with Crippen LogP contribution in [0.5, 0.6) is 0 Å². The highest BCUT2D eigenvalue weighted by atomic mass is 16.4. The topological polar surface area (TPSA) is 63.3 Å². The second-order valence-electron chi connectivity index (χ2n) is 4.95. The van der Waals surface area contributed by atoms with Crippen LogP contribution in [0.4, 0.5) is 0 Å². The molecule has 0 saturated heterocycles. The number of hydrogen-bond donors (Lipinski definition) is 2. The fourth-order valence-electron chi connectivity index (χ4n) is 2.62. The molecule has 0 radical (unpaired) electrons. The van der Waals surface area contributed by atoms with Gasteiger partial charge in [-0.05, 0) is 33.5 Å². The highest BCUT2D eigenvalue weighted by Gasteiger charge is 2.15. The number of carboxylic acids is 1. The van der Waals surface area contributed by atoms with Crippen LogP contribution in [-0.4, -0.2) is 17.1 Å². The Labute approximate surface area is 116 Å². The van der Waals surface area contributed by atoms with Gasteiger partial charge in [-0.1, -0.05) is 54.6 Å². The van der Waals surface area contributed by atoms with Gasteiger partial charge >= 0.3 is 5.97 Å². The summed E-state index contributed by atoms with van der Waals surface area (Å²) in [5.41, 5.74) is 6.66. The summed E-state index contributed by atoms with van der Waals surface area (Å²) >= 11 is 0. The first-order valence-corrected chi connectivity index (χ1v) is 6.54. The highest BCUT2D eigenvalue weighted by molar-refractivity contribution is 6.09. The molecular weight excluding hydrogens is 250 g/mol. The van der Waals surface area contributed by atoms with E-state index in [0.29, 0.717) is 6.42 Å². The van der Waals surface area contributed by atoms with Gasteiger partial charge in [0.1, 0.15) is 6.04 Å². The van der Waals surface area contributed by atoms with Crippen molar-refractivity contribution in [3.8, 4) is 0 Å². The van der Waals surface area contributed by atoms with Crippen LogP contribution in [0.25, 0.3) is 21.5 Å². The molecule has 100 valence electrons. The van der Waals surface area contributed by atoms with E-state index in [0.717, 1.165) is 21.7 Å². The van der Waals surface area contributed by atoms with Crippen molar-refractivity contribution in [1.29, 1.82) is 0 Å². The van der Waals surface area contributed by atoms with Crippen LogP contribution in [0.1, 0.15) is 5.56 Å². The van der Waals surface area contributed by atoms with Gasteiger partial charge in [0.25, 0.3) is 0 Å². The van der Waals surface area contributed by atoms with Crippen molar-refractivity contribution in [2.75, 3.05) is 0 Å². The quantitative estimate of drug-likeness (QED) is 0.716. The Balaban J connectivity index is 2.26. The monoisotopic (exact) mass is 265 g/mol. The lowest BCUT2D eigenvalue weighted by atomic mass is 9.94. The number of carbonyl (C=O) groups is 1. The number of hydrogen-bond acceptors (Lipinski definition) is 2. The molecule has 0 fully saturated rings. The first kappa shape index (κ1) is 12.6. The Morgan fingerprint density at radius 1 is 1.00 bits per heavy atom. The molecule has 3 N–H and O–H groups in total. The molecule has 0 unspecified atom stereocenters. The predicted octanol–water partition coefficient (Wildman–Crippen LogP) is 2.95. The Morgan fingerprint density at radius 3 is 2.30 bits per heavy atom. The zero-order valence-electron chi connectivity index (χ0n) is 10.9. The van der Waals surface area contributed by atoms with Crippen LogP contribution in [-0.2, 0) is 11.2 Å². The van der Waals surface area contributed by atoms with Crippen LogP contribution in [0.3, 0.4) is 0 Å². The molecule has 3 nitrogen and oxygen atoms in total. The third kappa shape index (κ3) is 2.12. The van der Waals surface area contributed by atoms with Gasteiger partial charge in [-0.25, -0.2) is 0 Å². The van der Waals surface area contributed by atoms with Gasteiger partial charge < -0.3 is 10.8 Å². The number of rotatable bonds is 3. The summed E-state index contributed by atoms with van der Waals surface area (Å²) in [5, 5.41) is 13.5. The molecule has 20 heavy (non-hydrogen) atoms. The standard InChI is InChI=1S/C17H15NO2/c18-16(17(19)20)10-12-9-11-5-1-2-6-13(11)15-8-4-3-7-14(12)15/h1-9,16H,10,18H2,(H,19,20)/t16-/m0/s1. The minimum absolute atomic E-state index is 0.334. The summed E-state index contributed by atoms with van der Waals surface area (Å²) in [4.78, 5) is 11.0. The fourth-order valence-corrected chi connectivity index (χ4v) is 2.62. The zero-order chi connectivity index (χ0) is 14.1. The maximum Gasteiger partial charge on any atom is 0.320 e. The average Bonchev–Trinajstić information content (AvgIpc) is 2.47.